The lowest BCUT2D eigenvalue weighted by Crippen LogP contribution is -2.14. The summed E-state index contributed by atoms with van der Waals surface area (Å²) in [5.74, 6) is 0.833. The third-order valence-corrected chi connectivity index (χ3v) is 9.13. The van der Waals surface area contributed by atoms with Crippen molar-refractivity contribution in [2.45, 2.75) is 166 Å². The highest BCUT2D eigenvalue weighted by Crippen LogP contribution is 2.48. The van der Waals surface area contributed by atoms with Crippen LogP contribution in [0.4, 0.5) is 0 Å². The van der Waals surface area contributed by atoms with Crippen molar-refractivity contribution in [1.82, 2.24) is 0 Å². The van der Waals surface area contributed by atoms with E-state index < -0.39 is 0 Å². The van der Waals surface area contributed by atoms with Gasteiger partial charge in [0.2, 0.25) is 0 Å². The average molecular weight is 449 g/mol. The van der Waals surface area contributed by atoms with Crippen LogP contribution in [-0.4, -0.2) is 40.9 Å². The van der Waals surface area contributed by atoms with E-state index in [4.69, 9.17) is 14.2 Å². The largest absolute Gasteiger partial charge is 0.366 e. The van der Waals surface area contributed by atoms with Gasteiger partial charge in [-0.15, -0.1) is 0 Å². The van der Waals surface area contributed by atoms with Gasteiger partial charge in [0.05, 0.1) is 35.1 Å². The fourth-order valence-corrected chi connectivity index (χ4v) is 6.20. The number of fused-ring (bicyclic) bond motifs is 3. The normalized spacial score (nSPS) is 47.3. The molecule has 7 fully saturated rings. The molecule has 7 unspecified atom stereocenters. The van der Waals surface area contributed by atoms with Crippen molar-refractivity contribution in [2.75, 3.05) is 0 Å². The number of carbonyl (C=O) groups is 1. The van der Waals surface area contributed by atoms with E-state index in [0.29, 0.717) is 46.8 Å². The summed E-state index contributed by atoms with van der Waals surface area (Å²) in [5, 5.41) is 0. The first-order valence-corrected chi connectivity index (χ1v) is 13.8. The number of Topliss-reactive ketones (excluding diaryl/α,β-unsaturated/α-hetero) is 1. The molecule has 0 radical (unpaired) electrons. The molecule has 0 N–H and O–H groups in total. The number of hydrogen-bond donors (Lipinski definition) is 0. The van der Waals surface area contributed by atoms with Gasteiger partial charge in [0.15, 0.2) is 0 Å². The number of hydrogen-bond acceptors (Lipinski definition) is 4. The van der Waals surface area contributed by atoms with E-state index in [9.17, 15) is 4.79 Å². The Kier molecular flexibility index (Phi) is 7.74. The maximum absolute atomic E-state index is 10.8. The van der Waals surface area contributed by atoms with E-state index in [1.807, 2.05) is 6.92 Å². The Hall–Kier alpha value is -0.450. The van der Waals surface area contributed by atoms with E-state index in [1.165, 1.54) is 83.5 Å². The molecule has 3 heterocycles. The second kappa shape index (κ2) is 10.0. The molecule has 0 amide bonds. The van der Waals surface area contributed by atoms with Gasteiger partial charge >= 0.3 is 0 Å². The fraction of sp³-hybridized carbons (Fsp3) is 0.964. The molecule has 32 heavy (non-hydrogen) atoms. The van der Waals surface area contributed by atoms with Crippen LogP contribution in [0.3, 0.4) is 0 Å². The molecule has 0 bridgehead atoms. The summed E-state index contributed by atoms with van der Waals surface area (Å²) in [6.45, 7) is 8.73. The van der Waals surface area contributed by atoms with Crippen LogP contribution in [0.1, 0.15) is 130 Å². The molecule has 4 saturated carbocycles. The summed E-state index contributed by atoms with van der Waals surface area (Å²) in [4.78, 5) is 10.8. The van der Waals surface area contributed by atoms with Crippen molar-refractivity contribution < 1.29 is 19.0 Å². The third kappa shape index (κ3) is 6.36. The van der Waals surface area contributed by atoms with E-state index in [2.05, 4.69) is 20.8 Å². The maximum atomic E-state index is 10.8. The van der Waals surface area contributed by atoms with Crippen LogP contribution < -0.4 is 0 Å². The number of carbonyl (C=O) groups excluding carboxylic acids is 1. The molecule has 3 aliphatic heterocycles. The lowest BCUT2D eigenvalue weighted by molar-refractivity contribution is -0.123. The van der Waals surface area contributed by atoms with Crippen LogP contribution in [0.25, 0.3) is 0 Å². The monoisotopic (exact) mass is 448 g/mol. The second-order valence-electron chi connectivity index (χ2n) is 12.1. The van der Waals surface area contributed by atoms with Crippen LogP contribution in [0, 0.1) is 5.92 Å². The number of rotatable bonds is 0. The molecule has 0 aromatic heterocycles. The van der Waals surface area contributed by atoms with Crippen LogP contribution in [0.5, 0.6) is 0 Å². The van der Waals surface area contributed by atoms with Gasteiger partial charge in [-0.25, -0.2) is 0 Å². The summed E-state index contributed by atoms with van der Waals surface area (Å²) in [6, 6.07) is 0. The van der Waals surface area contributed by atoms with E-state index in [1.54, 1.807) is 0 Å². The molecule has 7 rings (SSSR count). The van der Waals surface area contributed by atoms with E-state index >= 15 is 0 Å². The van der Waals surface area contributed by atoms with Crippen molar-refractivity contribution in [2.24, 2.45) is 5.92 Å². The second-order valence-corrected chi connectivity index (χ2v) is 12.1. The fourth-order valence-electron chi connectivity index (χ4n) is 6.20. The summed E-state index contributed by atoms with van der Waals surface area (Å²) in [7, 11) is 0. The smallest absolute Gasteiger partial charge is 0.135 e. The number of epoxide rings is 3. The molecule has 7 atom stereocenters. The Morgan fingerprint density at radius 1 is 0.594 bits per heavy atom. The predicted octanol–water partition coefficient (Wildman–Crippen LogP) is 6.92. The minimum absolute atomic E-state index is 0.345. The molecular weight excluding hydrogens is 400 g/mol. The number of ether oxygens (including phenoxy) is 3. The maximum Gasteiger partial charge on any atom is 0.135 e. The van der Waals surface area contributed by atoms with Crippen molar-refractivity contribution in [1.29, 1.82) is 0 Å². The molecule has 184 valence electrons. The Labute approximate surface area is 196 Å². The zero-order valence-electron chi connectivity index (χ0n) is 21.3. The SMILES string of the molecule is CC12CCCCC1O2.CC12CCCCC1O2.CC12CCCCC1O2.CC1CCCCC1=O. The van der Waals surface area contributed by atoms with Crippen LogP contribution in [0.2, 0.25) is 0 Å². The van der Waals surface area contributed by atoms with E-state index in [-0.39, 0.29) is 0 Å². The quantitative estimate of drug-likeness (QED) is 0.377. The van der Waals surface area contributed by atoms with Crippen molar-refractivity contribution >= 4 is 5.78 Å². The van der Waals surface area contributed by atoms with Crippen LogP contribution in [0.15, 0.2) is 0 Å². The highest BCUT2D eigenvalue weighted by Gasteiger charge is 2.54. The molecule has 3 saturated heterocycles. The standard InChI is InChI=1S/4C7H12O/c3*1-7-5-3-2-4-6(7)8-7;1-6-4-2-3-5-7(6)8/h4*6H,2-5H2,1H3. The minimum Gasteiger partial charge on any atom is -0.366 e. The zero-order valence-corrected chi connectivity index (χ0v) is 21.3. The Bertz CT molecular complexity index is 577. The Morgan fingerprint density at radius 3 is 1.19 bits per heavy atom. The van der Waals surface area contributed by atoms with Gasteiger partial charge in [-0.1, -0.05) is 51.9 Å². The van der Waals surface area contributed by atoms with Gasteiger partial charge in [0.1, 0.15) is 5.78 Å². The molecule has 7 aliphatic rings. The first kappa shape index (κ1) is 24.7. The molecule has 0 aromatic rings. The molecule has 0 aromatic carbocycles. The highest BCUT2D eigenvalue weighted by molar-refractivity contribution is 5.81. The summed E-state index contributed by atoms with van der Waals surface area (Å²) in [5.41, 5.74) is 1.04. The Balaban J connectivity index is 0.000000102. The van der Waals surface area contributed by atoms with Crippen molar-refractivity contribution in [3.8, 4) is 0 Å². The Morgan fingerprint density at radius 2 is 0.969 bits per heavy atom. The third-order valence-electron chi connectivity index (χ3n) is 9.13. The molecular formula is C28H48O4. The molecule has 0 spiro atoms. The topological polar surface area (TPSA) is 54.7 Å². The zero-order chi connectivity index (χ0) is 22.8. The molecule has 4 aliphatic carbocycles. The van der Waals surface area contributed by atoms with Gasteiger partial charge in [-0.05, 0) is 72.1 Å². The highest BCUT2D eigenvalue weighted by atomic mass is 16.6. The van der Waals surface area contributed by atoms with Crippen molar-refractivity contribution in [3.05, 3.63) is 0 Å². The lowest BCUT2D eigenvalue weighted by atomic mass is 9.90. The summed E-state index contributed by atoms with van der Waals surface area (Å²) in [6.07, 6.45) is 22.5. The summed E-state index contributed by atoms with van der Waals surface area (Å²) >= 11 is 0. The van der Waals surface area contributed by atoms with Gasteiger partial charge < -0.3 is 14.2 Å². The lowest BCUT2D eigenvalue weighted by Gasteiger charge is -2.14. The molecule has 4 heteroatoms. The minimum atomic E-state index is 0.345. The molecule has 4 nitrogen and oxygen atoms in total. The van der Waals surface area contributed by atoms with Gasteiger partial charge in [0.25, 0.3) is 0 Å². The average Bonchev–Trinajstić information content (AvgIpc) is 3.68. The van der Waals surface area contributed by atoms with Crippen LogP contribution >= 0.6 is 0 Å². The van der Waals surface area contributed by atoms with Gasteiger partial charge in [0, 0.05) is 12.3 Å². The number of ketones is 1. The van der Waals surface area contributed by atoms with Gasteiger partial charge in [-0.3, -0.25) is 4.79 Å². The van der Waals surface area contributed by atoms with Crippen LogP contribution in [-0.2, 0) is 19.0 Å². The van der Waals surface area contributed by atoms with Gasteiger partial charge in [-0.2, -0.15) is 0 Å². The first-order chi connectivity index (χ1) is 15.2. The summed E-state index contributed by atoms with van der Waals surface area (Å²) < 4.78 is 16.4. The first-order valence-electron chi connectivity index (χ1n) is 13.8. The van der Waals surface area contributed by atoms with E-state index in [0.717, 1.165) is 19.3 Å². The van der Waals surface area contributed by atoms with Crippen molar-refractivity contribution in [3.63, 3.8) is 0 Å². The predicted molar refractivity (Wildman–Crippen MR) is 128 cm³/mol.